The summed E-state index contributed by atoms with van der Waals surface area (Å²) in [7, 11) is 1.85. The van der Waals surface area contributed by atoms with Crippen molar-refractivity contribution >= 4 is 5.91 Å². The lowest BCUT2D eigenvalue weighted by molar-refractivity contribution is -0.123. The summed E-state index contributed by atoms with van der Waals surface area (Å²) in [6.07, 6.45) is 1.74. The van der Waals surface area contributed by atoms with Crippen molar-refractivity contribution in [1.29, 1.82) is 0 Å². The van der Waals surface area contributed by atoms with Crippen LogP contribution in [0.5, 0.6) is 11.5 Å². The van der Waals surface area contributed by atoms with Gasteiger partial charge in [-0.25, -0.2) is 0 Å². The Kier molecular flexibility index (Phi) is 6.04. The maximum absolute atomic E-state index is 12.0. The van der Waals surface area contributed by atoms with Gasteiger partial charge in [-0.3, -0.25) is 14.5 Å². The number of rotatable bonds is 8. The van der Waals surface area contributed by atoms with Crippen molar-refractivity contribution in [1.82, 2.24) is 20.1 Å². The molecule has 0 spiro atoms. The molecule has 0 unspecified atom stereocenters. The van der Waals surface area contributed by atoms with Crippen LogP contribution < -0.4 is 14.8 Å². The Hall–Kier alpha value is -3.35. The summed E-state index contributed by atoms with van der Waals surface area (Å²) in [5, 5.41) is 7.22. The molecule has 0 bridgehead atoms. The van der Waals surface area contributed by atoms with Crippen LogP contribution in [-0.2, 0) is 18.4 Å². The summed E-state index contributed by atoms with van der Waals surface area (Å²) in [5.41, 5.74) is 2.49. The number of nitrogens with one attached hydrogen (secondary N) is 1. The van der Waals surface area contributed by atoms with Crippen molar-refractivity contribution in [3.05, 3.63) is 60.4 Å². The van der Waals surface area contributed by atoms with E-state index in [4.69, 9.17) is 9.47 Å². The fourth-order valence-electron chi connectivity index (χ4n) is 2.55. The Morgan fingerprint density at radius 1 is 1.11 bits per heavy atom. The maximum Gasteiger partial charge on any atom is 0.258 e. The van der Waals surface area contributed by atoms with Gasteiger partial charge in [0.15, 0.2) is 6.61 Å². The van der Waals surface area contributed by atoms with Gasteiger partial charge in [-0.05, 0) is 49.4 Å². The third-order valence-corrected chi connectivity index (χ3v) is 3.83. The summed E-state index contributed by atoms with van der Waals surface area (Å²) in [6, 6.07) is 14.8. The van der Waals surface area contributed by atoms with Crippen molar-refractivity contribution < 1.29 is 14.3 Å². The lowest BCUT2D eigenvalue weighted by Gasteiger charge is -2.08. The third kappa shape index (κ3) is 5.07. The molecular weight excluding hydrogens is 344 g/mol. The molecule has 0 aliphatic carbocycles. The summed E-state index contributed by atoms with van der Waals surface area (Å²) in [5.74, 6) is 1.17. The van der Waals surface area contributed by atoms with Gasteiger partial charge < -0.3 is 14.8 Å². The summed E-state index contributed by atoms with van der Waals surface area (Å²) >= 11 is 0. The molecule has 0 aliphatic rings. The van der Waals surface area contributed by atoms with Gasteiger partial charge in [0.25, 0.3) is 5.91 Å². The minimum absolute atomic E-state index is 0.0616. The van der Waals surface area contributed by atoms with E-state index in [0.29, 0.717) is 18.9 Å². The van der Waals surface area contributed by atoms with Crippen LogP contribution in [-0.4, -0.2) is 33.9 Å². The van der Waals surface area contributed by atoms with Gasteiger partial charge in [0.05, 0.1) is 30.2 Å². The van der Waals surface area contributed by atoms with Crippen LogP contribution in [0, 0.1) is 0 Å². The number of carbonyl (C=O) groups is 1. The molecule has 27 heavy (non-hydrogen) atoms. The first kappa shape index (κ1) is 18.4. The van der Waals surface area contributed by atoms with Crippen molar-refractivity contribution in [2.24, 2.45) is 7.05 Å². The molecule has 3 aromatic rings. The largest absolute Gasteiger partial charge is 0.494 e. The minimum Gasteiger partial charge on any atom is -0.494 e. The Morgan fingerprint density at radius 3 is 2.52 bits per heavy atom. The second-order valence-electron chi connectivity index (χ2n) is 5.83. The summed E-state index contributed by atoms with van der Waals surface area (Å²) in [4.78, 5) is 16.3. The van der Waals surface area contributed by atoms with E-state index in [-0.39, 0.29) is 12.5 Å². The number of nitrogens with zero attached hydrogens (tertiary/aromatic N) is 3. The van der Waals surface area contributed by atoms with E-state index >= 15 is 0 Å². The minimum atomic E-state index is -0.214. The zero-order chi connectivity index (χ0) is 19.1. The molecule has 0 fully saturated rings. The molecule has 1 N–H and O–H groups in total. The van der Waals surface area contributed by atoms with Crippen molar-refractivity contribution in [2.75, 3.05) is 13.2 Å². The van der Waals surface area contributed by atoms with Crippen LogP contribution in [0.4, 0.5) is 0 Å². The number of benzene rings is 1. The van der Waals surface area contributed by atoms with Crippen LogP contribution in [0.1, 0.15) is 12.6 Å². The molecule has 0 radical (unpaired) electrons. The number of carbonyl (C=O) groups excluding carboxylic acids is 1. The molecule has 0 saturated heterocycles. The Bertz CT molecular complexity index is 876. The number of aromatic nitrogens is 3. The van der Waals surface area contributed by atoms with Crippen LogP contribution in [0.15, 0.2) is 54.7 Å². The zero-order valence-corrected chi connectivity index (χ0v) is 15.4. The fraction of sp³-hybridized carbons (Fsp3) is 0.250. The topological polar surface area (TPSA) is 78.3 Å². The van der Waals surface area contributed by atoms with Crippen LogP contribution in [0.25, 0.3) is 11.4 Å². The van der Waals surface area contributed by atoms with E-state index in [2.05, 4.69) is 15.4 Å². The first-order valence-electron chi connectivity index (χ1n) is 8.72. The lowest BCUT2D eigenvalue weighted by Crippen LogP contribution is -2.28. The lowest BCUT2D eigenvalue weighted by atomic mass is 10.2. The zero-order valence-electron chi connectivity index (χ0n) is 15.4. The van der Waals surface area contributed by atoms with Crippen LogP contribution in [0.3, 0.4) is 0 Å². The highest BCUT2D eigenvalue weighted by molar-refractivity contribution is 5.77. The molecule has 0 saturated carbocycles. The van der Waals surface area contributed by atoms with E-state index in [1.54, 1.807) is 23.0 Å². The predicted octanol–water partition coefficient (Wildman–Crippen LogP) is 2.58. The normalized spacial score (nSPS) is 10.4. The van der Waals surface area contributed by atoms with E-state index in [9.17, 15) is 4.79 Å². The molecule has 2 heterocycles. The average molecular weight is 366 g/mol. The van der Waals surface area contributed by atoms with Crippen LogP contribution >= 0.6 is 0 Å². The molecule has 7 heteroatoms. The Morgan fingerprint density at radius 2 is 1.85 bits per heavy atom. The number of ether oxygens (including phenoxy) is 2. The van der Waals surface area contributed by atoms with Gasteiger partial charge in [0.1, 0.15) is 11.5 Å². The molecule has 0 atom stereocenters. The molecule has 140 valence electrons. The first-order chi connectivity index (χ1) is 13.2. The van der Waals surface area contributed by atoms with E-state index in [1.807, 2.05) is 50.4 Å². The van der Waals surface area contributed by atoms with E-state index in [0.717, 1.165) is 22.8 Å². The third-order valence-electron chi connectivity index (χ3n) is 3.83. The molecule has 1 amide bonds. The number of pyridine rings is 1. The SMILES string of the molecule is CCOc1ccc(OCC(=O)NCc2cc(-c3ccccn3)n(C)n2)cc1. The standard InChI is InChI=1S/C20H22N4O3/c1-3-26-16-7-9-17(10-8-16)27-14-20(25)22-13-15-12-19(24(2)23-15)18-6-4-5-11-21-18/h4-12H,3,13-14H2,1-2H3,(H,22,25). The molecule has 1 aromatic carbocycles. The van der Waals surface area contributed by atoms with Gasteiger partial charge in [0, 0.05) is 13.2 Å². The maximum atomic E-state index is 12.0. The molecule has 3 rings (SSSR count). The van der Waals surface area contributed by atoms with Gasteiger partial charge in [-0.2, -0.15) is 5.10 Å². The number of aryl methyl sites for hydroxylation is 1. The number of amides is 1. The first-order valence-corrected chi connectivity index (χ1v) is 8.72. The Balaban J connectivity index is 1.49. The van der Waals surface area contributed by atoms with Crippen molar-refractivity contribution in [3.63, 3.8) is 0 Å². The second kappa shape index (κ2) is 8.84. The number of hydrogen-bond acceptors (Lipinski definition) is 5. The van der Waals surface area contributed by atoms with Gasteiger partial charge in [-0.1, -0.05) is 6.07 Å². The van der Waals surface area contributed by atoms with Gasteiger partial charge in [0.2, 0.25) is 0 Å². The summed E-state index contributed by atoms with van der Waals surface area (Å²) < 4.78 is 12.6. The second-order valence-corrected chi connectivity index (χ2v) is 5.83. The van der Waals surface area contributed by atoms with Crippen molar-refractivity contribution in [3.8, 4) is 22.9 Å². The summed E-state index contributed by atoms with van der Waals surface area (Å²) in [6.45, 7) is 2.80. The monoisotopic (exact) mass is 366 g/mol. The van der Waals surface area contributed by atoms with Crippen LogP contribution in [0.2, 0.25) is 0 Å². The molecule has 2 aromatic heterocycles. The fourth-order valence-corrected chi connectivity index (χ4v) is 2.55. The highest BCUT2D eigenvalue weighted by Crippen LogP contribution is 2.18. The molecule has 7 nitrogen and oxygen atoms in total. The number of hydrogen-bond donors (Lipinski definition) is 1. The molecular formula is C20H22N4O3. The average Bonchev–Trinajstić information content (AvgIpc) is 3.07. The van der Waals surface area contributed by atoms with Crippen molar-refractivity contribution in [2.45, 2.75) is 13.5 Å². The Labute approximate surface area is 158 Å². The van der Waals surface area contributed by atoms with Gasteiger partial charge in [-0.15, -0.1) is 0 Å². The van der Waals surface area contributed by atoms with Gasteiger partial charge >= 0.3 is 0 Å². The quantitative estimate of drug-likeness (QED) is 0.663. The highest BCUT2D eigenvalue weighted by atomic mass is 16.5. The van der Waals surface area contributed by atoms with E-state index < -0.39 is 0 Å². The smallest absolute Gasteiger partial charge is 0.258 e. The van der Waals surface area contributed by atoms with E-state index in [1.165, 1.54) is 0 Å². The highest BCUT2D eigenvalue weighted by Gasteiger charge is 2.10. The predicted molar refractivity (Wildman–Crippen MR) is 101 cm³/mol. The molecule has 0 aliphatic heterocycles.